The number of nitrogens with zero attached hydrogens (tertiary/aromatic N) is 4. The van der Waals surface area contributed by atoms with Crippen LogP contribution in [0.15, 0.2) is 169 Å². The molecule has 5 nitrogen and oxygen atoms in total. The molecule has 6 aromatic carbocycles. The van der Waals surface area contributed by atoms with Gasteiger partial charge >= 0.3 is 0 Å². The highest BCUT2D eigenvalue weighted by molar-refractivity contribution is 6.19. The Morgan fingerprint density at radius 3 is 1.90 bits per heavy atom. The zero-order chi connectivity index (χ0) is 31.6. The van der Waals surface area contributed by atoms with Gasteiger partial charge in [-0.25, -0.2) is 4.98 Å². The van der Waals surface area contributed by atoms with Crippen LogP contribution in [0.2, 0.25) is 0 Å². The van der Waals surface area contributed by atoms with Crippen molar-refractivity contribution in [1.82, 2.24) is 14.1 Å². The van der Waals surface area contributed by atoms with Crippen LogP contribution in [-0.2, 0) is 0 Å². The summed E-state index contributed by atoms with van der Waals surface area (Å²) >= 11 is 0. The van der Waals surface area contributed by atoms with Crippen LogP contribution in [0.5, 0.6) is 0 Å². The van der Waals surface area contributed by atoms with E-state index in [1.807, 2.05) is 24.4 Å². The Balaban J connectivity index is 1.15. The first-order valence-electron chi connectivity index (χ1n) is 16.3. The number of pyridine rings is 1. The number of para-hydroxylation sites is 3. The molecule has 48 heavy (non-hydrogen) atoms. The minimum absolute atomic E-state index is 0.198. The van der Waals surface area contributed by atoms with Crippen molar-refractivity contribution >= 4 is 55.0 Å². The molecule has 0 radical (unpaired) electrons. The monoisotopic (exact) mass is 615 g/mol. The van der Waals surface area contributed by atoms with E-state index in [9.17, 15) is 0 Å². The zero-order valence-corrected chi connectivity index (χ0v) is 26.0. The van der Waals surface area contributed by atoms with Crippen molar-refractivity contribution in [3.05, 3.63) is 181 Å². The summed E-state index contributed by atoms with van der Waals surface area (Å²) in [5.41, 5.74) is 11.2. The molecule has 9 aromatic rings. The Morgan fingerprint density at radius 2 is 1.15 bits per heavy atom. The first-order valence-corrected chi connectivity index (χ1v) is 16.3. The second-order valence-corrected chi connectivity index (χ2v) is 12.3. The summed E-state index contributed by atoms with van der Waals surface area (Å²) in [5, 5.41) is 8.58. The van der Waals surface area contributed by atoms with Gasteiger partial charge in [-0.05, 0) is 60.2 Å². The van der Waals surface area contributed by atoms with Crippen LogP contribution < -0.4 is 5.32 Å². The molecule has 1 aliphatic heterocycles. The quantitative estimate of drug-likeness (QED) is 0.214. The molecule has 1 atom stereocenters. The Bertz CT molecular complexity index is 2680. The third-order valence-electron chi connectivity index (χ3n) is 9.59. The van der Waals surface area contributed by atoms with Crippen molar-refractivity contribution in [1.29, 1.82) is 0 Å². The molecular formula is C43H29N5. The molecule has 0 fully saturated rings. The average Bonchev–Trinajstić information content (AvgIpc) is 3.66. The molecular weight excluding hydrogens is 587 g/mol. The van der Waals surface area contributed by atoms with Gasteiger partial charge in [-0.15, -0.1) is 0 Å². The van der Waals surface area contributed by atoms with Gasteiger partial charge in [0.1, 0.15) is 12.0 Å². The van der Waals surface area contributed by atoms with Crippen molar-refractivity contribution < 1.29 is 0 Å². The summed E-state index contributed by atoms with van der Waals surface area (Å²) in [7, 11) is 0. The molecule has 226 valence electrons. The number of nitrogens with one attached hydrogen (secondary N) is 1. The third-order valence-corrected chi connectivity index (χ3v) is 9.59. The van der Waals surface area contributed by atoms with Crippen LogP contribution in [0.1, 0.15) is 22.9 Å². The standard InChI is InChI=1S/C43H29N5/c1-2-12-28(13-3-1)42-33-16-4-7-17-36(33)45-43(46-42)29-21-23-30(24-22-29)47-37-18-8-5-14-31(37)34-26-35-32-15-6-9-19-38(32)48(40(35)27-39(34)47)41-20-10-11-25-44-41/h1-27,43,45H. The summed E-state index contributed by atoms with van der Waals surface area (Å²) in [4.78, 5) is 10.00. The fourth-order valence-electron chi connectivity index (χ4n) is 7.43. The van der Waals surface area contributed by atoms with Gasteiger partial charge in [0.05, 0.1) is 27.8 Å². The Hall–Kier alpha value is -6.46. The van der Waals surface area contributed by atoms with Gasteiger partial charge in [-0.3, -0.25) is 9.56 Å². The van der Waals surface area contributed by atoms with Gasteiger partial charge in [0.2, 0.25) is 0 Å². The topological polar surface area (TPSA) is 47.1 Å². The molecule has 0 bridgehead atoms. The van der Waals surface area contributed by atoms with Crippen molar-refractivity contribution in [2.24, 2.45) is 4.99 Å². The smallest absolute Gasteiger partial charge is 0.145 e. The molecule has 0 amide bonds. The molecule has 5 heteroatoms. The summed E-state index contributed by atoms with van der Waals surface area (Å²) in [5.74, 6) is 0.909. The Morgan fingerprint density at radius 1 is 0.500 bits per heavy atom. The van der Waals surface area contributed by atoms with E-state index in [0.717, 1.165) is 56.1 Å². The van der Waals surface area contributed by atoms with Gasteiger partial charge in [0, 0.05) is 50.2 Å². The minimum Gasteiger partial charge on any atom is -0.360 e. The maximum absolute atomic E-state index is 5.24. The van der Waals surface area contributed by atoms with Gasteiger partial charge < -0.3 is 9.88 Å². The minimum atomic E-state index is -0.198. The SMILES string of the molecule is c1ccc(C2=NC(c3ccc(-n4c5ccccc5c5cc6c7ccccc7n(-c7ccccn7)c6cc54)cc3)Nc3ccccc32)cc1. The maximum atomic E-state index is 5.24. The van der Waals surface area contributed by atoms with E-state index in [1.54, 1.807) is 0 Å². The molecule has 0 aliphatic carbocycles. The van der Waals surface area contributed by atoms with E-state index in [4.69, 9.17) is 9.98 Å². The van der Waals surface area contributed by atoms with E-state index in [0.29, 0.717) is 0 Å². The number of anilines is 1. The molecule has 10 rings (SSSR count). The number of aromatic nitrogens is 3. The number of aliphatic imine (C=N–C) groups is 1. The van der Waals surface area contributed by atoms with Gasteiger partial charge in [0.25, 0.3) is 0 Å². The highest BCUT2D eigenvalue weighted by Crippen LogP contribution is 2.40. The maximum Gasteiger partial charge on any atom is 0.145 e. The van der Waals surface area contributed by atoms with Gasteiger partial charge in [-0.1, -0.05) is 103 Å². The van der Waals surface area contributed by atoms with E-state index >= 15 is 0 Å². The highest BCUT2D eigenvalue weighted by atomic mass is 15.1. The first-order chi connectivity index (χ1) is 23.8. The van der Waals surface area contributed by atoms with Crippen LogP contribution in [0.3, 0.4) is 0 Å². The molecule has 0 saturated heterocycles. The molecule has 1 aliphatic rings. The molecule has 3 aromatic heterocycles. The molecule has 1 unspecified atom stereocenters. The summed E-state index contributed by atoms with van der Waals surface area (Å²) < 4.78 is 4.67. The summed E-state index contributed by atoms with van der Waals surface area (Å²) in [6, 6.07) is 55.8. The fraction of sp³-hybridized carbons (Fsp3) is 0.0233. The predicted molar refractivity (Wildman–Crippen MR) is 198 cm³/mol. The zero-order valence-electron chi connectivity index (χ0n) is 26.0. The summed E-state index contributed by atoms with van der Waals surface area (Å²) in [6.45, 7) is 0. The normalized spacial score (nSPS) is 14.3. The lowest BCUT2D eigenvalue weighted by molar-refractivity contribution is 0.827. The number of hydrogen-bond acceptors (Lipinski definition) is 3. The van der Waals surface area contributed by atoms with Crippen molar-refractivity contribution in [3.63, 3.8) is 0 Å². The predicted octanol–water partition coefficient (Wildman–Crippen LogP) is 10.2. The summed E-state index contributed by atoms with van der Waals surface area (Å²) in [6.07, 6.45) is 1.66. The van der Waals surface area contributed by atoms with Crippen LogP contribution in [0.4, 0.5) is 5.69 Å². The van der Waals surface area contributed by atoms with E-state index in [-0.39, 0.29) is 6.17 Å². The van der Waals surface area contributed by atoms with E-state index in [2.05, 4.69) is 154 Å². The van der Waals surface area contributed by atoms with Crippen molar-refractivity contribution in [2.45, 2.75) is 6.17 Å². The van der Waals surface area contributed by atoms with Crippen LogP contribution in [-0.4, -0.2) is 19.8 Å². The molecule has 4 heterocycles. The van der Waals surface area contributed by atoms with Crippen LogP contribution >= 0.6 is 0 Å². The van der Waals surface area contributed by atoms with Gasteiger partial charge in [-0.2, -0.15) is 0 Å². The van der Waals surface area contributed by atoms with Crippen LogP contribution in [0, 0.1) is 0 Å². The number of fused-ring (bicyclic) bond motifs is 7. The second kappa shape index (κ2) is 10.5. The first kappa shape index (κ1) is 26.7. The Labute approximate surface area is 277 Å². The van der Waals surface area contributed by atoms with E-state index in [1.165, 1.54) is 27.1 Å². The van der Waals surface area contributed by atoms with Crippen molar-refractivity contribution in [2.75, 3.05) is 5.32 Å². The lowest BCUT2D eigenvalue weighted by Gasteiger charge is -2.26. The van der Waals surface area contributed by atoms with Gasteiger partial charge in [0.15, 0.2) is 0 Å². The second-order valence-electron chi connectivity index (χ2n) is 12.3. The number of rotatable bonds is 4. The Kier molecular flexibility index (Phi) is 5.87. The fourth-order valence-corrected chi connectivity index (χ4v) is 7.43. The molecule has 1 N–H and O–H groups in total. The lowest BCUT2D eigenvalue weighted by atomic mass is 9.97. The molecule has 0 spiro atoms. The molecule has 0 saturated carbocycles. The number of benzene rings is 6. The lowest BCUT2D eigenvalue weighted by Crippen LogP contribution is -2.20. The third kappa shape index (κ3) is 4.04. The van der Waals surface area contributed by atoms with E-state index < -0.39 is 0 Å². The number of hydrogen-bond donors (Lipinski definition) is 1. The van der Waals surface area contributed by atoms with Crippen molar-refractivity contribution in [3.8, 4) is 11.5 Å². The average molecular weight is 616 g/mol. The van der Waals surface area contributed by atoms with Crippen LogP contribution in [0.25, 0.3) is 55.1 Å². The highest BCUT2D eigenvalue weighted by Gasteiger charge is 2.23. The largest absolute Gasteiger partial charge is 0.360 e.